The van der Waals surface area contributed by atoms with E-state index in [0.717, 1.165) is 0 Å². The van der Waals surface area contributed by atoms with Crippen LogP contribution >= 0.6 is 0 Å². The van der Waals surface area contributed by atoms with Crippen LogP contribution in [-0.4, -0.2) is 72.8 Å². The monoisotopic (exact) mass is 550 g/mol. The van der Waals surface area contributed by atoms with Gasteiger partial charge >= 0.3 is 35.3 Å². The predicted octanol–water partition coefficient (Wildman–Crippen LogP) is 3.88. The van der Waals surface area contributed by atoms with Gasteiger partial charge in [-0.25, -0.2) is 13.2 Å². The van der Waals surface area contributed by atoms with E-state index in [9.17, 15) is 57.7 Å². The van der Waals surface area contributed by atoms with Gasteiger partial charge in [0.25, 0.3) is 0 Å². The fourth-order valence-corrected chi connectivity index (χ4v) is 2.70. The van der Waals surface area contributed by atoms with Crippen molar-refractivity contribution in [3.63, 3.8) is 0 Å². The normalized spacial score (nSPS) is 14.8. The second-order valence-electron chi connectivity index (χ2n) is 7.17. The summed E-state index contributed by atoms with van der Waals surface area (Å²) in [5.74, 6) is -9.90. The second kappa shape index (κ2) is 12.3. The van der Waals surface area contributed by atoms with Gasteiger partial charge in [0.05, 0.1) is 6.61 Å². The quantitative estimate of drug-likeness (QED) is 0.106. The molecule has 0 aliphatic carbocycles. The van der Waals surface area contributed by atoms with E-state index in [4.69, 9.17) is 0 Å². The number of alkyl halides is 8. The number of hydrogen-bond acceptors (Lipinski definition) is 7. The Balaban J connectivity index is 6.53. The third-order valence-corrected chi connectivity index (χ3v) is 5.33. The maximum Gasteiger partial charge on any atom is 0.466 e. The van der Waals surface area contributed by atoms with Gasteiger partial charge in [0.2, 0.25) is 0 Å². The van der Waals surface area contributed by atoms with Crippen LogP contribution < -0.4 is 0 Å². The van der Waals surface area contributed by atoms with Crippen LogP contribution in [0.5, 0.6) is 0 Å². The molecule has 0 saturated heterocycles. The van der Waals surface area contributed by atoms with E-state index in [2.05, 4.69) is 16.1 Å². The van der Waals surface area contributed by atoms with Crippen molar-refractivity contribution in [3.8, 4) is 0 Å². The maximum absolute atomic E-state index is 14.1. The fourth-order valence-electron chi connectivity index (χ4n) is 2.36. The Morgan fingerprint density at radius 3 is 1.74 bits per heavy atom. The van der Waals surface area contributed by atoms with Gasteiger partial charge in [-0.3, -0.25) is 4.79 Å². The average Bonchev–Trinajstić information content (AvgIpc) is 2.69. The molecule has 0 heterocycles. The van der Waals surface area contributed by atoms with Gasteiger partial charge in [-0.2, -0.15) is 35.1 Å². The first-order valence-corrected chi connectivity index (χ1v) is 11.4. The van der Waals surface area contributed by atoms with E-state index < -0.39 is 77.1 Å². The molecule has 1 unspecified atom stereocenters. The highest BCUT2D eigenvalue weighted by Gasteiger charge is 2.68. The zero-order valence-electron chi connectivity index (χ0n) is 18.6. The lowest BCUT2D eigenvalue weighted by Crippen LogP contribution is -2.63. The van der Waals surface area contributed by atoms with Crippen LogP contribution in [0.15, 0.2) is 12.2 Å². The van der Waals surface area contributed by atoms with Gasteiger partial charge in [-0.1, -0.05) is 33.3 Å². The molecule has 8 nitrogen and oxygen atoms in total. The van der Waals surface area contributed by atoms with Crippen molar-refractivity contribution < 1.29 is 67.2 Å². The van der Waals surface area contributed by atoms with Crippen molar-refractivity contribution in [2.24, 2.45) is 0 Å². The summed E-state index contributed by atoms with van der Waals surface area (Å²) < 4.78 is 147. The van der Waals surface area contributed by atoms with Gasteiger partial charge < -0.3 is 18.9 Å². The lowest BCUT2D eigenvalue weighted by Gasteiger charge is -2.37. The molecule has 0 aromatic carbocycles. The van der Waals surface area contributed by atoms with Crippen LogP contribution in [0.2, 0.25) is 0 Å². The number of nitrogens with zero attached hydrogens (tertiary/aromatic N) is 1. The van der Waals surface area contributed by atoms with Gasteiger partial charge in [0.1, 0.15) is 5.57 Å². The highest BCUT2D eigenvalue weighted by Crippen LogP contribution is 2.40. The van der Waals surface area contributed by atoms with Crippen molar-refractivity contribution in [3.05, 3.63) is 12.2 Å². The van der Waals surface area contributed by atoms with E-state index in [-0.39, 0.29) is 12.8 Å². The van der Waals surface area contributed by atoms with Crippen molar-refractivity contribution in [1.82, 2.24) is 4.90 Å². The van der Waals surface area contributed by atoms with Gasteiger partial charge in [0, 0.05) is 19.5 Å². The third-order valence-electron chi connectivity index (χ3n) is 4.39. The molecule has 206 valence electrons. The molecule has 0 spiro atoms. The summed E-state index contributed by atoms with van der Waals surface area (Å²) >= 11 is 0. The Morgan fingerprint density at radius 1 is 0.943 bits per heavy atom. The molecule has 0 radical (unpaired) electrons. The van der Waals surface area contributed by atoms with Crippen molar-refractivity contribution in [2.45, 2.75) is 69.3 Å². The van der Waals surface area contributed by atoms with Crippen LogP contribution in [0.25, 0.3) is 0 Å². The third kappa shape index (κ3) is 8.86. The molecule has 17 heteroatoms. The number of carbonyl (C=O) groups excluding carboxylic acids is 2. The lowest BCUT2D eigenvalue weighted by molar-refractivity contribution is -0.352. The molecule has 0 aromatic heterocycles. The molecule has 0 fully saturated rings. The molecule has 0 N–H and O–H groups in total. The summed E-state index contributed by atoms with van der Waals surface area (Å²) in [5.41, 5.74) is -2.47. The van der Waals surface area contributed by atoms with E-state index >= 15 is 0 Å². The maximum atomic E-state index is 14.1. The molecule has 1 atom stereocenters. The summed E-state index contributed by atoms with van der Waals surface area (Å²) in [7, 11) is -6.38. The van der Waals surface area contributed by atoms with Crippen LogP contribution in [-0.2, 0) is 29.2 Å². The molecule has 0 bridgehead atoms. The Morgan fingerprint density at radius 2 is 1.40 bits per heavy atom. The topological polar surface area (TPSA) is 113 Å². The summed E-state index contributed by atoms with van der Waals surface area (Å²) in [4.78, 5) is 25.2. The Bertz CT molecular complexity index is 850. The summed E-state index contributed by atoms with van der Waals surface area (Å²) in [6.07, 6.45) is -13.1. The number of amides is 1. The Hall–Kier alpha value is -2.01. The minimum absolute atomic E-state index is 0.0963. The molecule has 0 rings (SSSR count). The molecule has 0 aromatic rings. The minimum atomic E-state index is -6.38. The number of esters is 1. The van der Waals surface area contributed by atoms with E-state index in [1.165, 1.54) is 0 Å². The van der Waals surface area contributed by atoms with Crippen LogP contribution in [0, 0.1) is 0 Å². The van der Waals surface area contributed by atoms with E-state index in [1.54, 1.807) is 13.8 Å². The first-order chi connectivity index (χ1) is 15.7. The smallest absolute Gasteiger partial charge is 0.466 e. The number of ether oxygens (including phenoxy) is 2. The number of hydrogen-bond donors (Lipinski definition) is 0. The van der Waals surface area contributed by atoms with Crippen molar-refractivity contribution >= 4 is 22.0 Å². The Kier molecular flexibility index (Phi) is 11.6. The van der Waals surface area contributed by atoms with Crippen LogP contribution in [0.1, 0.15) is 46.0 Å². The number of unbranched alkanes of at least 4 members (excludes halogenated alkanes) is 2. The predicted molar refractivity (Wildman–Crippen MR) is 102 cm³/mol. The number of halogens is 8. The standard InChI is InChI=1S/C18H25F8NO7S/c1-4-6-9-27(10-7-5-2)14(29)16(18(24,25)26,34-13(28)12(3)17(21,22)23)33-11-8-15(19,20)35(30,31)32/h3-11H2,1-2H3,(H,30,31,32)/p-1. The lowest BCUT2D eigenvalue weighted by atomic mass is 10.1. The largest absolute Gasteiger partial charge is 0.743 e. The van der Waals surface area contributed by atoms with Crippen molar-refractivity contribution in [1.29, 1.82) is 0 Å². The average molecular weight is 550 g/mol. The zero-order chi connectivity index (χ0) is 27.9. The molecule has 0 saturated carbocycles. The fraction of sp³-hybridized carbons (Fsp3) is 0.778. The molecule has 0 aliphatic heterocycles. The van der Waals surface area contributed by atoms with Crippen LogP contribution in [0.4, 0.5) is 35.1 Å². The van der Waals surface area contributed by atoms with E-state index in [0.29, 0.717) is 17.7 Å². The van der Waals surface area contributed by atoms with Crippen LogP contribution in [0.3, 0.4) is 0 Å². The first kappa shape index (κ1) is 33.0. The molecule has 35 heavy (non-hydrogen) atoms. The Labute approximate surface area is 196 Å². The number of rotatable bonds is 14. The van der Waals surface area contributed by atoms with Gasteiger partial charge in [-0.05, 0) is 12.8 Å². The highest BCUT2D eigenvalue weighted by atomic mass is 32.2. The van der Waals surface area contributed by atoms with Crippen molar-refractivity contribution in [2.75, 3.05) is 19.7 Å². The molecular formula is C18H24F8NO7S-. The highest BCUT2D eigenvalue weighted by molar-refractivity contribution is 7.86. The second-order valence-corrected chi connectivity index (χ2v) is 8.67. The molecule has 0 aliphatic rings. The number of carbonyl (C=O) groups is 2. The van der Waals surface area contributed by atoms with Gasteiger partial charge in [-0.15, -0.1) is 0 Å². The summed E-state index contributed by atoms with van der Waals surface area (Å²) in [6, 6.07) is 0. The summed E-state index contributed by atoms with van der Waals surface area (Å²) in [6.45, 7) is 2.61. The first-order valence-electron chi connectivity index (χ1n) is 10.0. The SMILES string of the molecule is C=C(C(=O)OC(OCCC(F)(F)S(=O)(=O)[O-])(C(=O)N(CCCC)CCCC)C(F)(F)F)C(F)(F)F. The minimum Gasteiger partial charge on any atom is -0.743 e. The zero-order valence-corrected chi connectivity index (χ0v) is 19.4. The molecular weight excluding hydrogens is 526 g/mol. The summed E-state index contributed by atoms with van der Waals surface area (Å²) in [5, 5.41) is -5.17. The molecule has 1 amide bonds. The van der Waals surface area contributed by atoms with E-state index in [1.807, 2.05) is 0 Å². The van der Waals surface area contributed by atoms with Gasteiger partial charge in [0.15, 0.2) is 10.1 Å².